The van der Waals surface area contributed by atoms with Gasteiger partial charge in [0.15, 0.2) is 0 Å². The molecule has 0 aliphatic carbocycles. The van der Waals surface area contributed by atoms with Crippen LogP contribution in [-0.2, 0) is 6.54 Å². The maximum Gasteiger partial charge on any atom is 0.0705 e. The zero-order valence-electron chi connectivity index (χ0n) is 9.82. The molecule has 86 valence electrons. The van der Waals surface area contributed by atoms with Crippen molar-refractivity contribution in [1.82, 2.24) is 10.3 Å². The van der Waals surface area contributed by atoms with Crippen LogP contribution in [0.2, 0.25) is 0 Å². The molecule has 0 atom stereocenters. The zero-order chi connectivity index (χ0) is 11.9. The summed E-state index contributed by atoms with van der Waals surface area (Å²) in [6, 6.07) is 10.3. The molecule has 2 nitrogen and oxygen atoms in total. The SMILES string of the molecule is C#CCCCNCc1ccnc2ccccc12. The number of benzene rings is 1. The molecule has 0 saturated carbocycles. The van der Waals surface area contributed by atoms with Gasteiger partial charge in [-0.25, -0.2) is 0 Å². The van der Waals surface area contributed by atoms with E-state index < -0.39 is 0 Å². The number of aromatic nitrogens is 1. The number of nitrogens with one attached hydrogen (secondary N) is 1. The Balaban J connectivity index is 2.01. The molecule has 17 heavy (non-hydrogen) atoms. The summed E-state index contributed by atoms with van der Waals surface area (Å²) in [5, 5.41) is 4.63. The number of fused-ring (bicyclic) bond motifs is 1. The Hall–Kier alpha value is -1.85. The molecule has 0 saturated heterocycles. The monoisotopic (exact) mass is 224 g/mol. The lowest BCUT2D eigenvalue weighted by atomic mass is 10.1. The summed E-state index contributed by atoms with van der Waals surface area (Å²) in [6.45, 7) is 1.83. The molecule has 0 unspecified atom stereocenters. The van der Waals surface area contributed by atoms with Crippen molar-refractivity contribution in [2.45, 2.75) is 19.4 Å². The molecule has 1 aromatic heterocycles. The molecule has 0 aliphatic rings. The van der Waals surface area contributed by atoms with E-state index in [9.17, 15) is 0 Å². The first-order valence-corrected chi connectivity index (χ1v) is 5.88. The molecule has 0 bridgehead atoms. The molecule has 1 aromatic carbocycles. The van der Waals surface area contributed by atoms with E-state index in [1.54, 1.807) is 0 Å². The number of hydrogen-bond acceptors (Lipinski definition) is 2. The van der Waals surface area contributed by atoms with Crippen molar-refractivity contribution in [3.63, 3.8) is 0 Å². The third-order valence-corrected chi connectivity index (χ3v) is 2.73. The lowest BCUT2D eigenvalue weighted by Gasteiger charge is -2.07. The van der Waals surface area contributed by atoms with E-state index in [1.807, 2.05) is 24.4 Å². The minimum Gasteiger partial charge on any atom is -0.313 e. The average molecular weight is 224 g/mol. The van der Waals surface area contributed by atoms with E-state index in [2.05, 4.69) is 28.4 Å². The van der Waals surface area contributed by atoms with Crippen molar-refractivity contribution >= 4 is 10.9 Å². The topological polar surface area (TPSA) is 24.9 Å². The largest absolute Gasteiger partial charge is 0.313 e. The maximum absolute atomic E-state index is 5.21. The fourth-order valence-corrected chi connectivity index (χ4v) is 1.85. The summed E-state index contributed by atoms with van der Waals surface area (Å²) in [7, 11) is 0. The average Bonchev–Trinajstić information content (AvgIpc) is 2.39. The van der Waals surface area contributed by atoms with E-state index >= 15 is 0 Å². The smallest absolute Gasteiger partial charge is 0.0705 e. The van der Waals surface area contributed by atoms with Crippen molar-refractivity contribution in [3.8, 4) is 12.3 Å². The van der Waals surface area contributed by atoms with Gasteiger partial charge in [0.1, 0.15) is 0 Å². The summed E-state index contributed by atoms with van der Waals surface area (Å²) in [5.41, 5.74) is 2.34. The fraction of sp³-hybridized carbons (Fsp3) is 0.267. The molecule has 0 amide bonds. The predicted octanol–water partition coefficient (Wildman–Crippen LogP) is 2.74. The second kappa shape index (κ2) is 6.03. The van der Waals surface area contributed by atoms with Crippen LogP contribution in [0.1, 0.15) is 18.4 Å². The van der Waals surface area contributed by atoms with Gasteiger partial charge in [0.2, 0.25) is 0 Å². The van der Waals surface area contributed by atoms with Crippen LogP contribution in [0.5, 0.6) is 0 Å². The fourth-order valence-electron chi connectivity index (χ4n) is 1.85. The van der Waals surface area contributed by atoms with Crippen LogP contribution < -0.4 is 5.32 Å². The van der Waals surface area contributed by atoms with Gasteiger partial charge in [-0.2, -0.15) is 0 Å². The maximum atomic E-state index is 5.21. The molecular weight excluding hydrogens is 208 g/mol. The lowest BCUT2D eigenvalue weighted by Crippen LogP contribution is -2.14. The Morgan fingerprint density at radius 1 is 1.24 bits per heavy atom. The third-order valence-electron chi connectivity index (χ3n) is 2.73. The quantitative estimate of drug-likeness (QED) is 0.624. The number of pyridine rings is 1. The van der Waals surface area contributed by atoms with E-state index in [-0.39, 0.29) is 0 Å². The third kappa shape index (κ3) is 3.05. The highest BCUT2D eigenvalue weighted by molar-refractivity contribution is 5.81. The van der Waals surface area contributed by atoms with E-state index in [0.29, 0.717) is 0 Å². The summed E-state index contributed by atoms with van der Waals surface area (Å²) >= 11 is 0. The number of terminal acetylenes is 1. The van der Waals surface area contributed by atoms with Gasteiger partial charge >= 0.3 is 0 Å². The van der Waals surface area contributed by atoms with Crippen LogP contribution in [0.25, 0.3) is 10.9 Å². The Morgan fingerprint density at radius 2 is 2.12 bits per heavy atom. The second-order valence-corrected chi connectivity index (χ2v) is 3.97. The number of rotatable bonds is 5. The summed E-state index contributed by atoms with van der Waals surface area (Å²) in [6.07, 6.45) is 8.94. The normalized spacial score (nSPS) is 10.3. The van der Waals surface area contributed by atoms with Crippen molar-refractivity contribution in [2.75, 3.05) is 6.54 Å². The highest BCUT2D eigenvalue weighted by Gasteiger charge is 1.99. The lowest BCUT2D eigenvalue weighted by molar-refractivity contribution is 0.661. The minimum absolute atomic E-state index is 0.837. The standard InChI is InChI=1S/C15H16N2/c1-2-3-6-10-16-12-13-9-11-17-15-8-5-4-7-14(13)15/h1,4-5,7-9,11,16H,3,6,10,12H2. The number of hydrogen-bond donors (Lipinski definition) is 1. The van der Waals surface area contributed by atoms with Crippen molar-refractivity contribution in [1.29, 1.82) is 0 Å². The van der Waals surface area contributed by atoms with E-state index in [4.69, 9.17) is 6.42 Å². The van der Waals surface area contributed by atoms with Gasteiger partial charge in [-0.05, 0) is 30.7 Å². The Morgan fingerprint density at radius 3 is 3.00 bits per heavy atom. The van der Waals surface area contributed by atoms with Gasteiger partial charge in [-0.1, -0.05) is 18.2 Å². The van der Waals surface area contributed by atoms with Crippen molar-refractivity contribution in [2.24, 2.45) is 0 Å². The van der Waals surface area contributed by atoms with E-state index in [0.717, 1.165) is 31.4 Å². The molecule has 1 N–H and O–H groups in total. The molecule has 0 spiro atoms. The molecule has 2 rings (SSSR count). The number of para-hydroxylation sites is 1. The van der Waals surface area contributed by atoms with Crippen LogP contribution >= 0.6 is 0 Å². The first-order chi connectivity index (χ1) is 8.42. The van der Waals surface area contributed by atoms with Crippen LogP contribution in [-0.4, -0.2) is 11.5 Å². The molecule has 2 heteroatoms. The van der Waals surface area contributed by atoms with Gasteiger partial charge in [-0.15, -0.1) is 12.3 Å². The van der Waals surface area contributed by atoms with Gasteiger partial charge in [0.05, 0.1) is 5.52 Å². The number of unbranched alkanes of at least 4 members (excludes halogenated alkanes) is 1. The van der Waals surface area contributed by atoms with Crippen LogP contribution in [0.3, 0.4) is 0 Å². The molecule has 0 radical (unpaired) electrons. The minimum atomic E-state index is 0.837. The Labute approximate surface area is 102 Å². The first kappa shape index (κ1) is 11.6. The molecule has 0 fully saturated rings. The van der Waals surface area contributed by atoms with E-state index in [1.165, 1.54) is 10.9 Å². The second-order valence-electron chi connectivity index (χ2n) is 3.97. The molecule has 1 heterocycles. The first-order valence-electron chi connectivity index (χ1n) is 5.88. The van der Waals surface area contributed by atoms with Crippen LogP contribution in [0, 0.1) is 12.3 Å². The van der Waals surface area contributed by atoms with Gasteiger partial charge in [-0.3, -0.25) is 4.98 Å². The molecule has 2 aromatic rings. The Bertz CT molecular complexity index is 520. The Kier molecular flexibility index (Phi) is 4.12. The van der Waals surface area contributed by atoms with Gasteiger partial charge < -0.3 is 5.32 Å². The zero-order valence-corrected chi connectivity index (χ0v) is 9.82. The highest BCUT2D eigenvalue weighted by Crippen LogP contribution is 2.15. The molecule has 0 aliphatic heterocycles. The van der Waals surface area contributed by atoms with Gasteiger partial charge in [0, 0.05) is 24.5 Å². The van der Waals surface area contributed by atoms with Gasteiger partial charge in [0.25, 0.3) is 0 Å². The predicted molar refractivity (Wildman–Crippen MR) is 71.5 cm³/mol. The number of nitrogens with zero attached hydrogens (tertiary/aromatic N) is 1. The summed E-state index contributed by atoms with van der Waals surface area (Å²) in [5.74, 6) is 2.65. The van der Waals surface area contributed by atoms with Crippen molar-refractivity contribution < 1.29 is 0 Å². The van der Waals surface area contributed by atoms with Crippen LogP contribution in [0.15, 0.2) is 36.5 Å². The summed E-state index contributed by atoms with van der Waals surface area (Å²) in [4.78, 5) is 4.35. The van der Waals surface area contributed by atoms with Crippen LogP contribution in [0.4, 0.5) is 0 Å². The highest BCUT2D eigenvalue weighted by atomic mass is 14.8. The summed E-state index contributed by atoms with van der Waals surface area (Å²) < 4.78 is 0. The molecular formula is C15H16N2. The van der Waals surface area contributed by atoms with Crippen molar-refractivity contribution in [3.05, 3.63) is 42.1 Å².